The van der Waals surface area contributed by atoms with E-state index >= 15 is 0 Å². The number of methoxy groups -OCH3 is 1. The number of amides is 1. The maximum absolute atomic E-state index is 13.2. The molecular weight excluding hydrogens is 321 g/mol. The first-order valence-corrected chi connectivity index (χ1v) is 7.78. The van der Waals surface area contributed by atoms with E-state index in [-0.39, 0.29) is 11.7 Å². The van der Waals surface area contributed by atoms with Gasteiger partial charge >= 0.3 is 0 Å². The summed E-state index contributed by atoms with van der Waals surface area (Å²) in [5.74, 6) is 0.142. The van der Waals surface area contributed by atoms with Crippen molar-refractivity contribution >= 4 is 11.6 Å². The van der Waals surface area contributed by atoms with Crippen LogP contribution in [0, 0.1) is 12.7 Å². The van der Waals surface area contributed by atoms with Gasteiger partial charge in [0.05, 0.1) is 25.5 Å². The summed E-state index contributed by atoms with van der Waals surface area (Å²) in [5.41, 5.74) is 2.68. The Balaban J connectivity index is 1.72. The fourth-order valence-corrected chi connectivity index (χ4v) is 2.62. The highest BCUT2D eigenvalue weighted by molar-refractivity contribution is 6.05. The molecule has 1 amide bonds. The summed E-state index contributed by atoms with van der Waals surface area (Å²) in [6.07, 6.45) is 3.27. The summed E-state index contributed by atoms with van der Waals surface area (Å²) in [6, 6.07) is 11.7. The lowest BCUT2D eigenvalue weighted by molar-refractivity contribution is 0.102. The molecule has 0 saturated heterocycles. The van der Waals surface area contributed by atoms with Crippen molar-refractivity contribution in [1.82, 2.24) is 9.78 Å². The number of anilines is 1. The molecule has 1 N–H and O–H groups in total. The number of carbonyl (C=O) groups excluding carboxylic acids is 1. The Morgan fingerprint density at radius 2 is 2.08 bits per heavy atom. The molecule has 128 valence electrons. The summed E-state index contributed by atoms with van der Waals surface area (Å²) in [7, 11) is 1.57. The smallest absolute Gasteiger partial charge is 0.256 e. The number of carbonyl (C=O) groups is 1. The van der Waals surface area contributed by atoms with E-state index in [2.05, 4.69) is 10.4 Å². The van der Waals surface area contributed by atoms with Crippen molar-refractivity contribution in [2.75, 3.05) is 12.4 Å². The first kappa shape index (κ1) is 16.7. The van der Waals surface area contributed by atoms with Gasteiger partial charge in [-0.2, -0.15) is 5.10 Å². The van der Waals surface area contributed by atoms with Crippen LogP contribution in [0.2, 0.25) is 0 Å². The predicted octanol–water partition coefficient (Wildman–Crippen LogP) is 3.64. The number of aromatic nitrogens is 2. The first-order chi connectivity index (χ1) is 12.1. The van der Waals surface area contributed by atoms with Crippen LogP contribution in [0.3, 0.4) is 0 Å². The zero-order valence-electron chi connectivity index (χ0n) is 14.0. The van der Waals surface area contributed by atoms with Crippen LogP contribution in [0.15, 0.2) is 54.9 Å². The minimum Gasteiger partial charge on any atom is -0.496 e. The van der Waals surface area contributed by atoms with Gasteiger partial charge in [0.1, 0.15) is 11.6 Å². The predicted molar refractivity (Wildman–Crippen MR) is 93.4 cm³/mol. The molecule has 0 spiro atoms. The summed E-state index contributed by atoms with van der Waals surface area (Å²) >= 11 is 0. The van der Waals surface area contributed by atoms with Crippen molar-refractivity contribution in [2.24, 2.45) is 0 Å². The molecule has 25 heavy (non-hydrogen) atoms. The van der Waals surface area contributed by atoms with E-state index in [1.54, 1.807) is 42.4 Å². The lowest BCUT2D eigenvalue weighted by Gasteiger charge is -2.09. The number of hydrogen-bond donors (Lipinski definition) is 1. The Morgan fingerprint density at radius 3 is 2.84 bits per heavy atom. The second-order valence-corrected chi connectivity index (χ2v) is 5.64. The van der Waals surface area contributed by atoms with Crippen LogP contribution in [0.1, 0.15) is 21.5 Å². The summed E-state index contributed by atoms with van der Waals surface area (Å²) in [5, 5.41) is 7.01. The van der Waals surface area contributed by atoms with Gasteiger partial charge in [-0.25, -0.2) is 4.39 Å². The quantitative estimate of drug-likeness (QED) is 0.772. The highest BCUT2D eigenvalue weighted by Crippen LogP contribution is 2.22. The van der Waals surface area contributed by atoms with E-state index in [0.29, 0.717) is 23.5 Å². The van der Waals surface area contributed by atoms with Gasteiger partial charge < -0.3 is 10.1 Å². The van der Waals surface area contributed by atoms with Crippen molar-refractivity contribution < 1.29 is 13.9 Å². The third-order valence-corrected chi connectivity index (χ3v) is 3.87. The van der Waals surface area contributed by atoms with Crippen molar-refractivity contribution in [3.05, 3.63) is 77.4 Å². The van der Waals surface area contributed by atoms with E-state index in [4.69, 9.17) is 4.74 Å². The third-order valence-electron chi connectivity index (χ3n) is 3.87. The molecule has 0 bridgehead atoms. The van der Waals surface area contributed by atoms with E-state index in [1.165, 1.54) is 12.1 Å². The average Bonchev–Trinajstić information content (AvgIpc) is 3.02. The third kappa shape index (κ3) is 3.85. The van der Waals surface area contributed by atoms with Crippen LogP contribution in [-0.2, 0) is 6.54 Å². The fourth-order valence-electron chi connectivity index (χ4n) is 2.62. The van der Waals surface area contributed by atoms with Crippen LogP contribution >= 0.6 is 0 Å². The number of nitrogens with zero attached hydrogens (tertiary/aromatic N) is 2. The van der Waals surface area contributed by atoms with Gasteiger partial charge in [-0.15, -0.1) is 0 Å². The second kappa shape index (κ2) is 7.17. The SMILES string of the molecule is COc1cccc(C(=O)Nc2cnn(Cc3cccc(F)c3)c2)c1C. The van der Waals surface area contributed by atoms with Gasteiger partial charge in [-0.05, 0) is 36.8 Å². The van der Waals surface area contributed by atoms with Crippen LogP contribution in [0.5, 0.6) is 5.75 Å². The van der Waals surface area contributed by atoms with Crippen molar-refractivity contribution in [3.63, 3.8) is 0 Å². The average molecular weight is 339 g/mol. The van der Waals surface area contributed by atoms with E-state index in [1.807, 2.05) is 19.1 Å². The molecular formula is C19H18FN3O2. The highest BCUT2D eigenvalue weighted by Gasteiger charge is 2.13. The van der Waals surface area contributed by atoms with Gasteiger partial charge in [0.25, 0.3) is 5.91 Å². The summed E-state index contributed by atoms with van der Waals surface area (Å²) in [4.78, 5) is 12.5. The lowest BCUT2D eigenvalue weighted by Crippen LogP contribution is -2.13. The number of rotatable bonds is 5. The summed E-state index contributed by atoms with van der Waals surface area (Å²) in [6.45, 7) is 2.26. The first-order valence-electron chi connectivity index (χ1n) is 7.78. The molecule has 0 aliphatic rings. The van der Waals surface area contributed by atoms with Crippen molar-refractivity contribution in [3.8, 4) is 5.75 Å². The number of halogens is 1. The second-order valence-electron chi connectivity index (χ2n) is 5.64. The Bertz CT molecular complexity index is 905. The highest BCUT2D eigenvalue weighted by atomic mass is 19.1. The zero-order valence-corrected chi connectivity index (χ0v) is 14.0. The van der Waals surface area contributed by atoms with E-state index < -0.39 is 0 Å². The Labute approximate surface area is 145 Å². The number of nitrogens with one attached hydrogen (secondary N) is 1. The van der Waals surface area contributed by atoms with Gasteiger partial charge in [0.15, 0.2) is 0 Å². The molecule has 2 aromatic carbocycles. The fraction of sp³-hybridized carbons (Fsp3) is 0.158. The largest absolute Gasteiger partial charge is 0.496 e. The molecule has 0 radical (unpaired) electrons. The molecule has 0 fully saturated rings. The molecule has 0 unspecified atom stereocenters. The molecule has 0 aliphatic carbocycles. The van der Waals surface area contributed by atoms with E-state index in [0.717, 1.165) is 11.1 Å². The Hall–Kier alpha value is -3.15. The minimum absolute atomic E-state index is 0.235. The minimum atomic E-state index is -0.285. The van der Waals surface area contributed by atoms with Crippen LogP contribution in [0.4, 0.5) is 10.1 Å². The van der Waals surface area contributed by atoms with Crippen LogP contribution in [0.25, 0.3) is 0 Å². The normalized spacial score (nSPS) is 10.5. The lowest BCUT2D eigenvalue weighted by atomic mass is 10.1. The standard InChI is InChI=1S/C19H18FN3O2/c1-13-17(7-4-8-18(13)25-2)19(24)22-16-10-21-23(12-16)11-14-5-3-6-15(20)9-14/h3-10,12H,11H2,1-2H3,(H,22,24). The zero-order chi connectivity index (χ0) is 17.8. The molecule has 0 atom stereocenters. The van der Waals surface area contributed by atoms with Crippen LogP contribution < -0.4 is 10.1 Å². The number of ether oxygens (including phenoxy) is 1. The number of hydrogen-bond acceptors (Lipinski definition) is 3. The topological polar surface area (TPSA) is 56.1 Å². The molecule has 1 heterocycles. The van der Waals surface area contributed by atoms with Gasteiger partial charge in [-0.1, -0.05) is 18.2 Å². The molecule has 0 aliphatic heterocycles. The molecule has 5 nitrogen and oxygen atoms in total. The summed E-state index contributed by atoms with van der Waals surface area (Å²) < 4.78 is 20.1. The Kier molecular flexibility index (Phi) is 4.79. The van der Waals surface area contributed by atoms with Crippen molar-refractivity contribution in [1.29, 1.82) is 0 Å². The van der Waals surface area contributed by atoms with Crippen LogP contribution in [-0.4, -0.2) is 22.8 Å². The number of benzene rings is 2. The van der Waals surface area contributed by atoms with Gasteiger partial charge in [0, 0.05) is 17.3 Å². The maximum Gasteiger partial charge on any atom is 0.256 e. The molecule has 0 saturated carbocycles. The van der Waals surface area contributed by atoms with E-state index in [9.17, 15) is 9.18 Å². The van der Waals surface area contributed by atoms with Gasteiger partial charge in [-0.3, -0.25) is 9.48 Å². The Morgan fingerprint density at radius 1 is 1.28 bits per heavy atom. The van der Waals surface area contributed by atoms with Gasteiger partial charge in [0.2, 0.25) is 0 Å². The monoisotopic (exact) mass is 339 g/mol. The maximum atomic E-state index is 13.2. The molecule has 1 aromatic heterocycles. The molecule has 6 heteroatoms. The molecule has 3 aromatic rings. The van der Waals surface area contributed by atoms with Crippen molar-refractivity contribution in [2.45, 2.75) is 13.5 Å². The molecule has 3 rings (SSSR count).